The molecular formula is C13H18N4O. The lowest BCUT2D eigenvalue weighted by molar-refractivity contribution is 0.187. The molecule has 1 aliphatic rings. The van der Waals surface area contributed by atoms with Crippen LogP contribution in [0.1, 0.15) is 18.2 Å². The van der Waals surface area contributed by atoms with E-state index >= 15 is 0 Å². The predicted octanol–water partition coefficient (Wildman–Crippen LogP) is 1.15. The number of hydrogen-bond acceptors (Lipinski definition) is 4. The van der Waals surface area contributed by atoms with Crippen LogP contribution in [-0.2, 0) is 11.3 Å². The minimum Gasteiger partial charge on any atom is -0.383 e. The first-order valence-electron chi connectivity index (χ1n) is 6.40. The molecule has 5 nitrogen and oxygen atoms in total. The molecule has 3 heterocycles. The first-order chi connectivity index (χ1) is 8.90. The van der Waals surface area contributed by atoms with E-state index in [1.807, 2.05) is 12.3 Å². The molecule has 0 bridgehead atoms. The number of methoxy groups -OCH3 is 1. The van der Waals surface area contributed by atoms with Gasteiger partial charge in [0, 0.05) is 32.3 Å². The Bertz CT molecular complexity index is 531. The van der Waals surface area contributed by atoms with E-state index in [2.05, 4.69) is 14.9 Å². The summed E-state index contributed by atoms with van der Waals surface area (Å²) in [4.78, 5) is 8.98. The van der Waals surface area contributed by atoms with Crippen molar-refractivity contribution in [2.45, 2.75) is 18.9 Å². The van der Waals surface area contributed by atoms with Crippen LogP contribution in [0.25, 0.3) is 11.0 Å². The second kappa shape index (κ2) is 5.04. The summed E-state index contributed by atoms with van der Waals surface area (Å²) < 4.78 is 7.45. The molecule has 0 aliphatic carbocycles. The van der Waals surface area contributed by atoms with Crippen LogP contribution in [0.4, 0.5) is 0 Å². The van der Waals surface area contributed by atoms with E-state index in [0.717, 1.165) is 37.1 Å². The molecule has 0 radical (unpaired) electrons. The van der Waals surface area contributed by atoms with Crippen molar-refractivity contribution in [3.8, 4) is 0 Å². The highest BCUT2D eigenvalue weighted by molar-refractivity contribution is 5.74. The monoisotopic (exact) mass is 246 g/mol. The second-order valence-electron chi connectivity index (χ2n) is 4.67. The minimum atomic E-state index is 0.509. The van der Waals surface area contributed by atoms with E-state index in [0.29, 0.717) is 12.5 Å². The Hall–Kier alpha value is -1.46. The first-order valence-corrected chi connectivity index (χ1v) is 6.40. The number of nitrogens with one attached hydrogen (secondary N) is 1. The van der Waals surface area contributed by atoms with Gasteiger partial charge in [0.15, 0.2) is 0 Å². The average molecular weight is 246 g/mol. The van der Waals surface area contributed by atoms with Crippen molar-refractivity contribution in [1.29, 1.82) is 0 Å². The molecule has 96 valence electrons. The number of ether oxygens (including phenoxy) is 1. The summed E-state index contributed by atoms with van der Waals surface area (Å²) in [5.74, 6) is 1.68. The molecule has 0 unspecified atom stereocenters. The van der Waals surface area contributed by atoms with E-state index in [1.54, 1.807) is 13.3 Å². The highest BCUT2D eigenvalue weighted by Gasteiger charge is 2.23. The number of fused-ring (bicyclic) bond motifs is 1. The lowest BCUT2D eigenvalue weighted by Gasteiger charge is -2.12. The molecule has 5 heteroatoms. The summed E-state index contributed by atoms with van der Waals surface area (Å²) in [5.41, 5.74) is 2.14. The molecule has 18 heavy (non-hydrogen) atoms. The highest BCUT2D eigenvalue weighted by atomic mass is 16.5. The second-order valence-corrected chi connectivity index (χ2v) is 4.67. The van der Waals surface area contributed by atoms with Crippen LogP contribution < -0.4 is 5.32 Å². The summed E-state index contributed by atoms with van der Waals surface area (Å²) in [7, 11) is 1.73. The smallest absolute Gasteiger partial charge is 0.114 e. The van der Waals surface area contributed by atoms with Gasteiger partial charge in [0.05, 0.1) is 23.8 Å². The van der Waals surface area contributed by atoms with E-state index < -0.39 is 0 Å². The van der Waals surface area contributed by atoms with Crippen molar-refractivity contribution in [3.63, 3.8) is 0 Å². The lowest BCUT2D eigenvalue weighted by Crippen LogP contribution is -2.14. The van der Waals surface area contributed by atoms with Crippen molar-refractivity contribution >= 4 is 11.0 Å². The van der Waals surface area contributed by atoms with Crippen LogP contribution >= 0.6 is 0 Å². The topological polar surface area (TPSA) is 52.0 Å². The van der Waals surface area contributed by atoms with Gasteiger partial charge in [-0.2, -0.15) is 0 Å². The van der Waals surface area contributed by atoms with Gasteiger partial charge in [-0.05, 0) is 19.0 Å². The Morgan fingerprint density at radius 2 is 2.50 bits per heavy atom. The maximum Gasteiger partial charge on any atom is 0.114 e. The van der Waals surface area contributed by atoms with Gasteiger partial charge in [0.1, 0.15) is 5.82 Å². The number of hydrogen-bond donors (Lipinski definition) is 1. The van der Waals surface area contributed by atoms with Crippen LogP contribution in [0.2, 0.25) is 0 Å². The summed E-state index contributed by atoms with van der Waals surface area (Å²) in [5, 5.41) is 3.40. The van der Waals surface area contributed by atoms with Crippen molar-refractivity contribution < 1.29 is 4.74 Å². The number of aromatic nitrogens is 3. The Morgan fingerprint density at radius 3 is 3.28 bits per heavy atom. The van der Waals surface area contributed by atoms with E-state index in [-0.39, 0.29) is 0 Å². The Kier molecular flexibility index (Phi) is 3.25. The Labute approximate surface area is 106 Å². The molecule has 2 aromatic rings. The van der Waals surface area contributed by atoms with Crippen molar-refractivity contribution in [3.05, 3.63) is 24.3 Å². The van der Waals surface area contributed by atoms with Gasteiger partial charge < -0.3 is 14.6 Å². The van der Waals surface area contributed by atoms with Gasteiger partial charge in [-0.1, -0.05) is 0 Å². The third kappa shape index (κ3) is 2.00. The average Bonchev–Trinajstić information content (AvgIpc) is 3.03. The van der Waals surface area contributed by atoms with Crippen LogP contribution in [-0.4, -0.2) is 41.3 Å². The molecule has 1 atom stereocenters. The SMILES string of the molecule is COCCn1c([C@@H]2CCNC2)nc2ccncc21. The van der Waals surface area contributed by atoms with Crippen molar-refractivity contribution in [1.82, 2.24) is 19.9 Å². The Balaban J connectivity index is 2.04. The molecule has 0 spiro atoms. The van der Waals surface area contributed by atoms with Gasteiger partial charge >= 0.3 is 0 Å². The third-order valence-electron chi connectivity index (χ3n) is 3.52. The molecular weight excluding hydrogens is 228 g/mol. The number of pyridine rings is 1. The zero-order valence-corrected chi connectivity index (χ0v) is 10.6. The maximum atomic E-state index is 5.20. The van der Waals surface area contributed by atoms with Gasteiger partial charge in [0.25, 0.3) is 0 Å². The highest BCUT2D eigenvalue weighted by Crippen LogP contribution is 2.25. The molecule has 0 aromatic carbocycles. The fourth-order valence-electron chi connectivity index (χ4n) is 2.59. The van der Waals surface area contributed by atoms with Gasteiger partial charge in [-0.15, -0.1) is 0 Å². The van der Waals surface area contributed by atoms with Crippen LogP contribution in [0.5, 0.6) is 0 Å². The van der Waals surface area contributed by atoms with E-state index in [9.17, 15) is 0 Å². The molecule has 1 saturated heterocycles. The third-order valence-corrected chi connectivity index (χ3v) is 3.52. The quantitative estimate of drug-likeness (QED) is 0.879. The molecule has 1 N–H and O–H groups in total. The molecule has 1 fully saturated rings. The van der Waals surface area contributed by atoms with Crippen LogP contribution in [0.3, 0.4) is 0 Å². The van der Waals surface area contributed by atoms with Gasteiger partial charge in [0.2, 0.25) is 0 Å². The van der Waals surface area contributed by atoms with Crippen molar-refractivity contribution in [2.75, 3.05) is 26.8 Å². The molecule has 1 aliphatic heterocycles. The summed E-state index contributed by atoms with van der Waals surface area (Å²) in [6.45, 7) is 3.64. The zero-order chi connectivity index (χ0) is 12.4. The molecule has 2 aromatic heterocycles. The fraction of sp³-hybridized carbons (Fsp3) is 0.538. The van der Waals surface area contributed by atoms with Crippen molar-refractivity contribution in [2.24, 2.45) is 0 Å². The fourth-order valence-corrected chi connectivity index (χ4v) is 2.59. The molecule has 0 amide bonds. The first kappa shape index (κ1) is 11.6. The lowest BCUT2D eigenvalue weighted by atomic mass is 10.1. The number of rotatable bonds is 4. The van der Waals surface area contributed by atoms with Crippen LogP contribution in [0, 0.1) is 0 Å². The molecule has 0 saturated carbocycles. The van der Waals surface area contributed by atoms with Gasteiger partial charge in [-0.3, -0.25) is 4.98 Å². The summed E-state index contributed by atoms with van der Waals surface area (Å²) >= 11 is 0. The Morgan fingerprint density at radius 1 is 1.56 bits per heavy atom. The largest absolute Gasteiger partial charge is 0.383 e. The van der Waals surface area contributed by atoms with E-state index in [1.165, 1.54) is 5.82 Å². The number of imidazole rings is 1. The molecule has 3 rings (SSSR count). The predicted molar refractivity (Wildman–Crippen MR) is 69.6 cm³/mol. The standard InChI is InChI=1S/C13H18N4O/c1-18-7-6-17-12-9-15-5-3-11(12)16-13(17)10-2-4-14-8-10/h3,5,9-10,14H,2,4,6-8H2,1H3/t10-/m1/s1. The van der Waals surface area contributed by atoms with Gasteiger partial charge in [-0.25, -0.2) is 4.98 Å². The minimum absolute atomic E-state index is 0.509. The maximum absolute atomic E-state index is 5.20. The summed E-state index contributed by atoms with van der Waals surface area (Å²) in [6, 6.07) is 1.98. The van der Waals surface area contributed by atoms with E-state index in [4.69, 9.17) is 9.72 Å². The van der Waals surface area contributed by atoms with Crippen LogP contribution in [0.15, 0.2) is 18.5 Å². The zero-order valence-electron chi connectivity index (χ0n) is 10.6. The summed E-state index contributed by atoms with van der Waals surface area (Å²) in [6.07, 6.45) is 4.85. The normalized spacial score (nSPS) is 19.7. The number of nitrogens with zero attached hydrogens (tertiary/aromatic N) is 3.